The quantitative estimate of drug-likeness (QED) is 0.702. The summed E-state index contributed by atoms with van der Waals surface area (Å²) in [5, 5.41) is 19.7. The number of phenolic OH excluding ortho intramolecular Hbond substituents is 2. The molecule has 1 aromatic heterocycles. The Hall–Kier alpha value is -1.81. The van der Waals surface area contributed by atoms with Gasteiger partial charge in [-0.15, -0.1) is 11.3 Å². The fourth-order valence-corrected chi connectivity index (χ4v) is 3.25. The molecule has 0 bridgehead atoms. The smallest absolute Gasteiger partial charge is 0.191 e. The van der Waals surface area contributed by atoms with Crippen LogP contribution in [0.2, 0.25) is 0 Å². The fraction of sp³-hybridized carbons (Fsp3) is 0.154. The number of hydrogen-bond donors (Lipinski definition) is 2. The van der Waals surface area contributed by atoms with E-state index in [1.807, 2.05) is 12.2 Å². The number of phenols is 2. The predicted octanol–water partition coefficient (Wildman–Crippen LogP) is 2.63. The summed E-state index contributed by atoms with van der Waals surface area (Å²) in [6.45, 7) is 0. The van der Waals surface area contributed by atoms with Crippen LogP contribution in [0.5, 0.6) is 11.5 Å². The first-order chi connectivity index (χ1) is 8.18. The largest absolute Gasteiger partial charge is 0.504 e. The third-order valence-electron chi connectivity index (χ3n) is 2.97. The second-order valence-electron chi connectivity index (χ2n) is 4.03. The van der Waals surface area contributed by atoms with E-state index < -0.39 is 0 Å². The zero-order chi connectivity index (χ0) is 12.0. The van der Waals surface area contributed by atoms with Gasteiger partial charge in [-0.3, -0.25) is 4.79 Å². The van der Waals surface area contributed by atoms with E-state index in [1.165, 1.54) is 17.4 Å². The molecule has 0 saturated heterocycles. The summed E-state index contributed by atoms with van der Waals surface area (Å²) < 4.78 is 0.459. The van der Waals surface area contributed by atoms with E-state index in [9.17, 15) is 15.0 Å². The molecule has 0 aliphatic heterocycles. The minimum Gasteiger partial charge on any atom is -0.504 e. The van der Waals surface area contributed by atoms with E-state index in [0.29, 0.717) is 10.1 Å². The van der Waals surface area contributed by atoms with Crippen LogP contribution in [-0.4, -0.2) is 10.2 Å². The van der Waals surface area contributed by atoms with Gasteiger partial charge < -0.3 is 10.2 Å². The molecule has 17 heavy (non-hydrogen) atoms. The van der Waals surface area contributed by atoms with Gasteiger partial charge in [0.15, 0.2) is 16.9 Å². The number of allylic oxidation sites excluding steroid dienone is 1. The Morgan fingerprint density at radius 1 is 1.24 bits per heavy atom. The number of aromatic hydroxyl groups is 2. The van der Waals surface area contributed by atoms with Crippen molar-refractivity contribution in [2.75, 3.05) is 0 Å². The third-order valence-corrected chi connectivity index (χ3v) is 4.19. The van der Waals surface area contributed by atoms with Crippen molar-refractivity contribution in [1.29, 1.82) is 0 Å². The van der Waals surface area contributed by atoms with Crippen LogP contribution < -0.4 is 5.43 Å². The molecule has 0 radical (unpaired) electrons. The van der Waals surface area contributed by atoms with Crippen molar-refractivity contribution in [1.82, 2.24) is 0 Å². The minimum absolute atomic E-state index is 0.0339. The SMILES string of the molecule is O=c1c2c(sc3c(O)c(O)ccc13)C=CCC2. The molecular formula is C13H10O3S. The monoisotopic (exact) mass is 246 g/mol. The highest BCUT2D eigenvalue weighted by Crippen LogP contribution is 2.37. The Balaban J connectivity index is 2.50. The van der Waals surface area contributed by atoms with Gasteiger partial charge in [0.2, 0.25) is 0 Å². The molecule has 2 N–H and O–H groups in total. The number of fused-ring (bicyclic) bond motifs is 2. The number of rotatable bonds is 0. The average molecular weight is 246 g/mol. The van der Waals surface area contributed by atoms with Crippen LogP contribution in [0.25, 0.3) is 16.2 Å². The van der Waals surface area contributed by atoms with Crippen LogP contribution in [0.15, 0.2) is 23.0 Å². The van der Waals surface area contributed by atoms with Crippen LogP contribution in [0.4, 0.5) is 0 Å². The van der Waals surface area contributed by atoms with E-state index in [0.717, 1.165) is 23.3 Å². The summed E-state index contributed by atoms with van der Waals surface area (Å²) in [7, 11) is 0. The molecular weight excluding hydrogens is 236 g/mol. The molecule has 0 unspecified atom stereocenters. The second kappa shape index (κ2) is 3.60. The lowest BCUT2D eigenvalue weighted by Crippen LogP contribution is -2.11. The van der Waals surface area contributed by atoms with Gasteiger partial charge in [-0.25, -0.2) is 0 Å². The van der Waals surface area contributed by atoms with E-state index >= 15 is 0 Å². The number of hydrogen-bond acceptors (Lipinski definition) is 4. The minimum atomic E-state index is -0.202. The molecule has 1 aliphatic rings. The zero-order valence-corrected chi connectivity index (χ0v) is 9.75. The Kier molecular flexibility index (Phi) is 2.19. The van der Waals surface area contributed by atoms with Gasteiger partial charge in [0.25, 0.3) is 0 Å². The summed E-state index contributed by atoms with van der Waals surface area (Å²) in [4.78, 5) is 13.1. The fourth-order valence-electron chi connectivity index (χ4n) is 2.08. The first-order valence-corrected chi connectivity index (χ1v) is 6.17. The molecule has 1 aliphatic carbocycles. The molecule has 2 aromatic rings. The molecule has 0 spiro atoms. The van der Waals surface area contributed by atoms with Crippen molar-refractivity contribution in [3.05, 3.63) is 38.9 Å². The average Bonchev–Trinajstić information content (AvgIpc) is 2.35. The molecule has 3 nitrogen and oxygen atoms in total. The third kappa shape index (κ3) is 1.45. The lowest BCUT2D eigenvalue weighted by molar-refractivity contribution is 0.408. The highest BCUT2D eigenvalue weighted by Gasteiger charge is 2.16. The van der Waals surface area contributed by atoms with Crippen molar-refractivity contribution in [3.63, 3.8) is 0 Å². The standard InChI is InChI=1S/C13H10O3S/c14-9-6-5-8-11(15)7-3-1-2-4-10(7)17-13(8)12(9)16/h2,4-6,14,16H,1,3H2. The van der Waals surface area contributed by atoms with Crippen molar-refractivity contribution in [3.8, 4) is 11.5 Å². The lowest BCUT2D eigenvalue weighted by Gasteiger charge is -2.11. The highest BCUT2D eigenvalue weighted by atomic mass is 32.1. The molecule has 4 heteroatoms. The zero-order valence-electron chi connectivity index (χ0n) is 8.93. The van der Waals surface area contributed by atoms with Crippen molar-refractivity contribution < 1.29 is 10.2 Å². The van der Waals surface area contributed by atoms with Gasteiger partial charge in [0, 0.05) is 15.8 Å². The molecule has 1 heterocycles. The summed E-state index contributed by atoms with van der Waals surface area (Å²) >= 11 is 1.35. The van der Waals surface area contributed by atoms with Crippen molar-refractivity contribution in [2.45, 2.75) is 12.8 Å². The Labute approximate surface area is 101 Å². The number of benzene rings is 1. The van der Waals surface area contributed by atoms with Crippen molar-refractivity contribution >= 4 is 27.5 Å². The molecule has 0 saturated carbocycles. The van der Waals surface area contributed by atoms with Crippen LogP contribution in [-0.2, 0) is 6.42 Å². The summed E-state index contributed by atoms with van der Waals surface area (Å²) in [5.41, 5.74) is 0.781. The molecule has 0 atom stereocenters. The molecule has 0 amide bonds. The Morgan fingerprint density at radius 3 is 2.88 bits per heavy atom. The second-order valence-corrected chi connectivity index (χ2v) is 5.08. The van der Waals surface area contributed by atoms with Crippen LogP contribution in [0.3, 0.4) is 0 Å². The van der Waals surface area contributed by atoms with Crippen molar-refractivity contribution in [2.24, 2.45) is 0 Å². The van der Waals surface area contributed by atoms with Crippen LogP contribution >= 0.6 is 11.3 Å². The maximum Gasteiger partial charge on any atom is 0.191 e. The first-order valence-electron chi connectivity index (χ1n) is 5.35. The summed E-state index contributed by atoms with van der Waals surface area (Å²) in [5.74, 6) is -0.390. The molecule has 0 fully saturated rings. The molecule has 3 rings (SSSR count). The van der Waals surface area contributed by atoms with Crippen LogP contribution in [0, 0.1) is 0 Å². The highest BCUT2D eigenvalue weighted by molar-refractivity contribution is 7.19. The van der Waals surface area contributed by atoms with Gasteiger partial charge in [-0.05, 0) is 31.1 Å². The maximum absolute atomic E-state index is 12.2. The summed E-state index contributed by atoms with van der Waals surface area (Å²) in [6, 6.07) is 2.93. The van der Waals surface area contributed by atoms with E-state index in [-0.39, 0.29) is 16.9 Å². The predicted molar refractivity (Wildman–Crippen MR) is 68.8 cm³/mol. The van der Waals surface area contributed by atoms with Gasteiger partial charge in [0.1, 0.15) is 0 Å². The lowest BCUT2D eigenvalue weighted by atomic mass is 10.0. The summed E-state index contributed by atoms with van der Waals surface area (Å²) in [6.07, 6.45) is 5.56. The molecule has 1 aromatic carbocycles. The van der Waals surface area contributed by atoms with Crippen LogP contribution in [0.1, 0.15) is 16.9 Å². The Morgan fingerprint density at radius 2 is 2.06 bits per heavy atom. The first kappa shape index (κ1) is 10.4. The topological polar surface area (TPSA) is 57.5 Å². The van der Waals surface area contributed by atoms with Gasteiger partial charge in [0.05, 0.1) is 4.70 Å². The van der Waals surface area contributed by atoms with Gasteiger partial charge in [-0.1, -0.05) is 6.08 Å². The van der Waals surface area contributed by atoms with E-state index in [1.54, 1.807) is 6.07 Å². The van der Waals surface area contributed by atoms with Gasteiger partial charge in [-0.2, -0.15) is 0 Å². The Bertz CT molecular complexity index is 698. The maximum atomic E-state index is 12.2. The van der Waals surface area contributed by atoms with Gasteiger partial charge >= 0.3 is 0 Å². The van der Waals surface area contributed by atoms with E-state index in [4.69, 9.17) is 0 Å². The molecule has 86 valence electrons. The normalized spacial score (nSPS) is 13.9. The van der Waals surface area contributed by atoms with E-state index in [2.05, 4.69) is 0 Å².